The van der Waals surface area contributed by atoms with Crippen molar-refractivity contribution in [3.05, 3.63) is 60.9 Å². The molecule has 0 fully saturated rings. The molecule has 0 bridgehead atoms. The number of hydrogen-bond acceptors (Lipinski definition) is 2. The minimum atomic E-state index is -4.37. The molecule has 0 spiro atoms. The first-order valence-electron chi connectivity index (χ1n) is 5.36. The summed E-state index contributed by atoms with van der Waals surface area (Å²) in [7, 11) is 0. The third-order valence-corrected chi connectivity index (χ3v) is 4.46. The Hall–Kier alpha value is -1.15. The van der Waals surface area contributed by atoms with Gasteiger partial charge < -0.3 is 0 Å². The Kier molecular flexibility index (Phi) is 4.33. The van der Waals surface area contributed by atoms with E-state index in [0.29, 0.717) is 14.5 Å². The van der Waals surface area contributed by atoms with Crippen molar-refractivity contribution in [1.82, 2.24) is 9.78 Å². The third kappa shape index (κ3) is 3.29. The molecule has 8 heteroatoms. The van der Waals surface area contributed by atoms with Crippen molar-refractivity contribution in [3.8, 4) is 0 Å². The molecule has 2 aromatic rings. The second-order valence-corrected chi connectivity index (χ2v) is 5.61. The number of alkyl halides is 3. The van der Waals surface area contributed by atoms with E-state index < -0.39 is 11.7 Å². The molecular weight excluding hydrogens is 405 g/mol. The summed E-state index contributed by atoms with van der Waals surface area (Å²) in [5.41, 5.74) is -0.528. The van der Waals surface area contributed by atoms with Gasteiger partial charge in [0.2, 0.25) is 0 Å². The molecule has 1 aromatic heterocycles. The number of benzene rings is 1. The Labute approximate surface area is 128 Å². The van der Waals surface area contributed by atoms with Crippen molar-refractivity contribution >= 4 is 31.9 Å². The molecule has 0 amide bonds. The van der Waals surface area contributed by atoms with E-state index in [9.17, 15) is 18.0 Å². The van der Waals surface area contributed by atoms with Crippen molar-refractivity contribution in [1.29, 1.82) is 0 Å². The first kappa shape index (κ1) is 15.2. The molecule has 3 nitrogen and oxygen atoms in total. The number of halogens is 5. The lowest BCUT2D eigenvalue weighted by Gasteiger charge is -2.09. The lowest BCUT2D eigenvalue weighted by molar-refractivity contribution is -0.137. The average molecular weight is 412 g/mol. The normalized spacial score (nSPS) is 11.7. The predicted molar refractivity (Wildman–Crippen MR) is 74.4 cm³/mol. The second kappa shape index (κ2) is 5.69. The van der Waals surface area contributed by atoms with Gasteiger partial charge in [-0.15, -0.1) is 0 Å². The van der Waals surface area contributed by atoms with Crippen LogP contribution in [-0.2, 0) is 12.7 Å². The fourth-order valence-electron chi connectivity index (χ4n) is 1.53. The van der Waals surface area contributed by atoms with Crippen LogP contribution in [0.2, 0.25) is 0 Å². The van der Waals surface area contributed by atoms with Crippen molar-refractivity contribution in [2.45, 2.75) is 12.7 Å². The smallest absolute Gasteiger partial charge is 0.266 e. The highest BCUT2D eigenvalue weighted by atomic mass is 79.9. The van der Waals surface area contributed by atoms with E-state index >= 15 is 0 Å². The van der Waals surface area contributed by atoms with Crippen molar-refractivity contribution in [2.75, 3.05) is 0 Å². The lowest BCUT2D eigenvalue weighted by Crippen LogP contribution is -2.24. The molecule has 0 aliphatic rings. The quantitative estimate of drug-likeness (QED) is 0.752. The monoisotopic (exact) mass is 410 g/mol. The lowest BCUT2D eigenvalue weighted by atomic mass is 10.1. The van der Waals surface area contributed by atoms with Gasteiger partial charge in [-0.2, -0.15) is 18.3 Å². The van der Waals surface area contributed by atoms with Gasteiger partial charge in [-0.05, 0) is 49.6 Å². The van der Waals surface area contributed by atoms with Gasteiger partial charge in [0.25, 0.3) is 5.56 Å². The molecule has 0 N–H and O–H groups in total. The zero-order chi connectivity index (χ0) is 14.9. The summed E-state index contributed by atoms with van der Waals surface area (Å²) in [4.78, 5) is 11.9. The van der Waals surface area contributed by atoms with Crippen LogP contribution in [0.15, 0.2) is 44.2 Å². The topological polar surface area (TPSA) is 34.9 Å². The van der Waals surface area contributed by atoms with E-state index in [2.05, 4.69) is 37.0 Å². The van der Waals surface area contributed by atoms with E-state index in [0.717, 1.165) is 16.8 Å². The van der Waals surface area contributed by atoms with E-state index in [-0.39, 0.29) is 12.1 Å². The molecule has 106 valence electrons. The van der Waals surface area contributed by atoms with Crippen LogP contribution in [0.3, 0.4) is 0 Å². The molecule has 0 unspecified atom stereocenters. The summed E-state index contributed by atoms with van der Waals surface area (Å²) in [6, 6.07) is 4.61. The summed E-state index contributed by atoms with van der Waals surface area (Å²) in [5.74, 6) is 0. The first-order chi connectivity index (χ1) is 9.29. The van der Waals surface area contributed by atoms with Crippen LogP contribution in [0, 0.1) is 0 Å². The SMILES string of the molecule is O=c1c(Br)c(Br)cnn1Cc1ccc(C(F)(F)F)cc1. The van der Waals surface area contributed by atoms with Gasteiger partial charge in [0.15, 0.2) is 0 Å². The summed E-state index contributed by atoms with van der Waals surface area (Å²) in [6.45, 7) is 0.100. The number of rotatable bonds is 2. The number of aromatic nitrogens is 2. The molecule has 0 saturated carbocycles. The summed E-state index contributed by atoms with van der Waals surface area (Å²) < 4.78 is 39.3. The standard InChI is InChI=1S/C12H7Br2F3N2O/c13-9-5-18-19(11(20)10(9)14)6-7-1-3-8(4-2-7)12(15,16)17/h1-5H,6H2. The Balaban J connectivity index is 2.28. The summed E-state index contributed by atoms with van der Waals surface area (Å²) >= 11 is 6.26. The second-order valence-electron chi connectivity index (χ2n) is 3.96. The van der Waals surface area contributed by atoms with Gasteiger partial charge in [0.05, 0.1) is 22.8 Å². The average Bonchev–Trinajstić information content (AvgIpc) is 2.39. The van der Waals surface area contributed by atoms with Gasteiger partial charge in [-0.3, -0.25) is 4.79 Å². The van der Waals surface area contributed by atoms with Crippen molar-refractivity contribution < 1.29 is 13.2 Å². The van der Waals surface area contributed by atoms with Crippen LogP contribution in [0.5, 0.6) is 0 Å². The summed E-state index contributed by atoms with van der Waals surface area (Å²) in [5, 5.41) is 3.91. The van der Waals surface area contributed by atoms with E-state index in [1.165, 1.54) is 18.3 Å². The fourth-order valence-corrected chi connectivity index (χ4v) is 2.10. The molecule has 2 rings (SSSR count). The zero-order valence-electron chi connectivity index (χ0n) is 9.79. The van der Waals surface area contributed by atoms with Crippen molar-refractivity contribution in [2.24, 2.45) is 0 Å². The molecule has 1 aromatic carbocycles. The Morgan fingerprint density at radius 1 is 1.15 bits per heavy atom. The highest BCUT2D eigenvalue weighted by molar-refractivity contribution is 9.13. The molecule has 0 aliphatic heterocycles. The molecule has 1 heterocycles. The van der Waals surface area contributed by atoms with Crippen LogP contribution in [0.4, 0.5) is 13.2 Å². The highest BCUT2D eigenvalue weighted by Crippen LogP contribution is 2.29. The Bertz CT molecular complexity index is 681. The van der Waals surface area contributed by atoms with Crippen LogP contribution in [0.25, 0.3) is 0 Å². The molecule has 0 radical (unpaired) electrons. The van der Waals surface area contributed by atoms with E-state index in [4.69, 9.17) is 0 Å². The Morgan fingerprint density at radius 3 is 2.30 bits per heavy atom. The molecule has 0 aliphatic carbocycles. The predicted octanol–water partition coefficient (Wildman–Crippen LogP) is 3.84. The molecule has 0 atom stereocenters. The largest absolute Gasteiger partial charge is 0.416 e. The first-order valence-corrected chi connectivity index (χ1v) is 6.95. The van der Waals surface area contributed by atoms with Crippen LogP contribution < -0.4 is 5.56 Å². The van der Waals surface area contributed by atoms with Crippen molar-refractivity contribution in [3.63, 3.8) is 0 Å². The highest BCUT2D eigenvalue weighted by Gasteiger charge is 2.29. The van der Waals surface area contributed by atoms with E-state index in [1.54, 1.807) is 0 Å². The zero-order valence-corrected chi connectivity index (χ0v) is 13.0. The fraction of sp³-hybridized carbons (Fsp3) is 0.167. The van der Waals surface area contributed by atoms with Gasteiger partial charge >= 0.3 is 6.18 Å². The molecular formula is C12H7Br2F3N2O. The number of nitrogens with zero attached hydrogens (tertiary/aromatic N) is 2. The third-order valence-electron chi connectivity index (χ3n) is 2.56. The van der Waals surface area contributed by atoms with Gasteiger partial charge in [0, 0.05) is 0 Å². The van der Waals surface area contributed by atoms with Gasteiger partial charge in [-0.1, -0.05) is 12.1 Å². The number of hydrogen-bond donors (Lipinski definition) is 0. The maximum atomic E-state index is 12.4. The Morgan fingerprint density at radius 2 is 1.75 bits per heavy atom. The van der Waals surface area contributed by atoms with Crippen LogP contribution >= 0.6 is 31.9 Å². The van der Waals surface area contributed by atoms with E-state index in [1.807, 2.05) is 0 Å². The minimum absolute atomic E-state index is 0.100. The van der Waals surface area contributed by atoms with Crippen LogP contribution in [0.1, 0.15) is 11.1 Å². The minimum Gasteiger partial charge on any atom is -0.266 e. The van der Waals surface area contributed by atoms with Gasteiger partial charge in [-0.25, -0.2) is 4.68 Å². The maximum Gasteiger partial charge on any atom is 0.416 e. The molecule has 0 saturated heterocycles. The van der Waals surface area contributed by atoms with Crippen LogP contribution in [-0.4, -0.2) is 9.78 Å². The summed E-state index contributed by atoms with van der Waals surface area (Å²) in [6.07, 6.45) is -2.93. The molecule has 20 heavy (non-hydrogen) atoms. The van der Waals surface area contributed by atoms with Gasteiger partial charge in [0.1, 0.15) is 4.47 Å². The maximum absolute atomic E-state index is 12.4.